The highest BCUT2D eigenvalue weighted by molar-refractivity contribution is 6.11. The van der Waals surface area contributed by atoms with E-state index in [1.54, 1.807) is 24.5 Å². The molecule has 13 nitrogen and oxygen atoms in total. The largest absolute Gasteiger partial charge is 0.444 e. The molecule has 13 heteroatoms. The van der Waals surface area contributed by atoms with Crippen molar-refractivity contribution in [2.24, 2.45) is 5.92 Å². The van der Waals surface area contributed by atoms with Gasteiger partial charge in [0.2, 0.25) is 0 Å². The molecule has 0 bridgehead atoms. The second-order valence-electron chi connectivity index (χ2n) is 13.9. The number of carbonyl (C=O) groups is 3. The van der Waals surface area contributed by atoms with Gasteiger partial charge in [0.05, 0.1) is 47.1 Å². The van der Waals surface area contributed by atoms with Gasteiger partial charge in [0, 0.05) is 24.7 Å². The molecule has 0 unspecified atom stereocenters. The summed E-state index contributed by atoms with van der Waals surface area (Å²) < 4.78 is 15.3. The highest BCUT2D eigenvalue weighted by Gasteiger charge is 2.46. The second-order valence-corrected chi connectivity index (χ2v) is 13.9. The average Bonchev–Trinajstić information content (AvgIpc) is 4.02. The molecule has 7 rings (SSSR count). The van der Waals surface area contributed by atoms with Gasteiger partial charge in [0.25, 0.3) is 5.91 Å². The Kier molecular flexibility index (Phi) is 8.71. The predicted octanol–water partition coefficient (Wildman–Crippen LogP) is 6.77. The van der Waals surface area contributed by atoms with Gasteiger partial charge in [-0.05, 0) is 56.0 Å². The number of carbonyl (C=O) groups excluding carboxylic acids is 3. The first-order valence-corrected chi connectivity index (χ1v) is 16.8. The van der Waals surface area contributed by atoms with Crippen molar-refractivity contribution in [3.63, 3.8) is 0 Å². The summed E-state index contributed by atoms with van der Waals surface area (Å²) in [6.07, 6.45) is 5.77. The van der Waals surface area contributed by atoms with Gasteiger partial charge in [0.1, 0.15) is 12.2 Å². The van der Waals surface area contributed by atoms with E-state index >= 15 is 0 Å². The van der Waals surface area contributed by atoms with Gasteiger partial charge in [-0.15, -0.1) is 0 Å². The Bertz CT molecular complexity index is 2120. The Balaban J connectivity index is 1.15. The lowest BCUT2D eigenvalue weighted by atomic mass is 9.89. The Morgan fingerprint density at radius 1 is 1.00 bits per heavy atom. The summed E-state index contributed by atoms with van der Waals surface area (Å²) >= 11 is 0. The number of pyridine rings is 2. The predicted molar refractivity (Wildman–Crippen MR) is 195 cm³/mol. The van der Waals surface area contributed by atoms with Crippen LogP contribution in [0.15, 0.2) is 85.8 Å². The van der Waals surface area contributed by atoms with E-state index < -0.39 is 23.7 Å². The molecule has 4 aromatic rings. The van der Waals surface area contributed by atoms with Gasteiger partial charge >= 0.3 is 12.2 Å². The van der Waals surface area contributed by atoms with Crippen LogP contribution in [0.3, 0.4) is 0 Å². The van der Waals surface area contributed by atoms with Crippen molar-refractivity contribution in [3.05, 3.63) is 103 Å². The Labute approximate surface area is 295 Å². The van der Waals surface area contributed by atoms with Crippen LogP contribution < -0.4 is 20.9 Å². The number of benzene rings is 2. The quantitative estimate of drug-likeness (QED) is 0.151. The maximum atomic E-state index is 14.1. The molecular weight excluding hydrogens is 648 g/mol. The molecule has 1 saturated heterocycles. The molecule has 0 spiro atoms. The monoisotopic (exact) mass is 688 g/mol. The highest BCUT2D eigenvalue weighted by atomic mass is 16.6. The topological polar surface area (TPSA) is 145 Å². The maximum Gasteiger partial charge on any atom is 0.412 e. The summed E-state index contributed by atoms with van der Waals surface area (Å²) in [6, 6.07) is 18.1. The SMILES string of the molecule is C=Cc1ccc2cc(NC(=O)OCc3ccccc3)c(C(=O)Nc3cnccc3N3C[C@H](C)[C@H](n4c5cn4-5)[C@H](NC(=O)OC(C)(C)C)C3)nc2c1. The fraction of sp³-hybridized carbons (Fsp3) is 0.289. The minimum absolute atomic E-state index is 0.00481. The second kappa shape index (κ2) is 13.3. The fourth-order valence-electron chi connectivity index (χ4n) is 6.48. The van der Waals surface area contributed by atoms with Crippen molar-refractivity contribution < 1.29 is 23.9 Å². The standard InChI is InChI=1S/C38H40N8O5/c1-6-24-12-13-26-17-28(42-36(48)50-22-25-10-8-7-9-11-25)33(40-27(26)16-24)35(47)41-29-18-39-15-14-31(29)44-19-23(2)34(46-32-21-45(32)46)30(20-44)43-37(49)51-38(3,4)5/h6-18,21,23,30,34H,1,19-20,22H2,2-5H3,(H,41,47)(H,42,48)(H,43,49)/t23-,30+,34-,45?,46?/m0/s1. The molecule has 2 aromatic heterocycles. The van der Waals surface area contributed by atoms with E-state index in [2.05, 4.69) is 53.7 Å². The minimum atomic E-state index is -0.727. The third-order valence-electron chi connectivity index (χ3n) is 8.87. The molecule has 3 aliphatic heterocycles. The molecular formula is C38H40N8O5. The number of amides is 3. The summed E-state index contributed by atoms with van der Waals surface area (Å²) in [7, 11) is 0. The summed E-state index contributed by atoms with van der Waals surface area (Å²) in [4.78, 5) is 51.1. The van der Waals surface area contributed by atoms with Crippen molar-refractivity contribution in [3.8, 4) is 5.82 Å². The van der Waals surface area contributed by atoms with Crippen LogP contribution in [0.1, 0.15) is 55.4 Å². The molecule has 0 aliphatic carbocycles. The van der Waals surface area contributed by atoms with Crippen LogP contribution in [-0.4, -0.2) is 62.2 Å². The number of ether oxygens (including phenoxy) is 2. The van der Waals surface area contributed by atoms with E-state index in [9.17, 15) is 14.4 Å². The van der Waals surface area contributed by atoms with Gasteiger partial charge in [0.15, 0.2) is 11.5 Å². The molecule has 0 saturated carbocycles. The molecule has 51 heavy (non-hydrogen) atoms. The molecule has 1 fully saturated rings. The first kappa shape index (κ1) is 33.4. The van der Waals surface area contributed by atoms with Crippen molar-refractivity contribution in [1.29, 1.82) is 0 Å². The van der Waals surface area contributed by atoms with Crippen LogP contribution in [0, 0.1) is 5.92 Å². The number of nitrogens with zero attached hydrogens (tertiary/aromatic N) is 5. The number of rotatable bonds is 9. The smallest absolute Gasteiger partial charge is 0.412 e. The van der Waals surface area contributed by atoms with Crippen molar-refractivity contribution >= 4 is 52.1 Å². The summed E-state index contributed by atoms with van der Waals surface area (Å²) in [5, 5.41) is 9.54. The third kappa shape index (κ3) is 7.42. The van der Waals surface area contributed by atoms with E-state index in [1.165, 1.54) is 0 Å². The number of hydrogen-bond donors (Lipinski definition) is 3. The normalized spacial score (nSPS) is 17.8. The zero-order chi connectivity index (χ0) is 35.9. The maximum absolute atomic E-state index is 14.1. The van der Waals surface area contributed by atoms with Crippen molar-refractivity contribution in [2.45, 2.75) is 52.0 Å². The fourth-order valence-corrected chi connectivity index (χ4v) is 6.48. The van der Waals surface area contributed by atoms with Gasteiger partial charge in [-0.25, -0.2) is 19.3 Å². The van der Waals surface area contributed by atoms with Crippen LogP contribution in [0.4, 0.5) is 26.7 Å². The number of anilines is 3. The first-order chi connectivity index (χ1) is 24.5. The molecule has 262 valence electrons. The Hall–Kier alpha value is -6.11. The number of fused-ring (bicyclic) bond motifs is 2. The van der Waals surface area contributed by atoms with E-state index in [-0.39, 0.29) is 36.0 Å². The molecule has 0 radical (unpaired) electrons. The Morgan fingerprint density at radius 3 is 2.49 bits per heavy atom. The van der Waals surface area contributed by atoms with Crippen LogP contribution in [-0.2, 0) is 16.1 Å². The average molecular weight is 689 g/mol. The van der Waals surface area contributed by atoms with Crippen LogP contribution in [0.25, 0.3) is 22.8 Å². The van der Waals surface area contributed by atoms with Crippen LogP contribution in [0.2, 0.25) is 0 Å². The number of nitrogens with one attached hydrogen (secondary N) is 3. The number of aromatic nitrogens is 4. The molecule has 3 atom stereocenters. The van der Waals surface area contributed by atoms with Crippen LogP contribution >= 0.6 is 0 Å². The lowest BCUT2D eigenvalue weighted by molar-refractivity contribution is 0.0470. The summed E-state index contributed by atoms with van der Waals surface area (Å²) in [5.41, 5.74) is 2.92. The lowest BCUT2D eigenvalue weighted by Crippen LogP contribution is -2.56. The van der Waals surface area contributed by atoms with Gasteiger partial charge in [-0.3, -0.25) is 19.8 Å². The highest BCUT2D eigenvalue weighted by Crippen LogP contribution is 2.43. The third-order valence-corrected chi connectivity index (χ3v) is 8.87. The van der Waals surface area contributed by atoms with E-state index in [0.29, 0.717) is 29.7 Å². The molecule has 3 amide bonds. The van der Waals surface area contributed by atoms with E-state index in [1.807, 2.05) is 81.6 Å². The number of alkyl carbamates (subject to hydrolysis) is 1. The zero-order valence-corrected chi connectivity index (χ0v) is 28.9. The summed E-state index contributed by atoms with van der Waals surface area (Å²) in [6.45, 7) is 12.7. The number of hydrogen-bond acceptors (Lipinski definition) is 8. The van der Waals surface area contributed by atoms with Crippen LogP contribution in [0.5, 0.6) is 0 Å². The molecule has 3 N–H and O–H groups in total. The molecule has 3 aliphatic rings. The van der Waals surface area contributed by atoms with Crippen molar-refractivity contribution in [2.75, 3.05) is 28.6 Å². The zero-order valence-electron chi connectivity index (χ0n) is 28.9. The number of piperidine rings is 1. The van der Waals surface area contributed by atoms with Crippen molar-refractivity contribution in [1.82, 2.24) is 24.6 Å². The Morgan fingerprint density at radius 2 is 1.78 bits per heavy atom. The van der Waals surface area contributed by atoms with Gasteiger partial charge in [-0.1, -0.05) is 62.0 Å². The molecule has 2 aromatic carbocycles. The van der Waals surface area contributed by atoms with Gasteiger partial charge in [-0.2, -0.15) is 0 Å². The molecule has 5 heterocycles. The minimum Gasteiger partial charge on any atom is -0.444 e. The van der Waals surface area contributed by atoms with Gasteiger partial charge < -0.3 is 25.0 Å². The van der Waals surface area contributed by atoms with E-state index in [4.69, 9.17) is 9.47 Å². The van der Waals surface area contributed by atoms with E-state index in [0.717, 1.165) is 22.6 Å². The lowest BCUT2D eigenvalue weighted by Gasteiger charge is -2.43. The summed E-state index contributed by atoms with van der Waals surface area (Å²) in [5.74, 6) is 0.733. The first-order valence-electron chi connectivity index (χ1n) is 16.8.